The standard InChI is InChI=1S/C15H12BrClO3/c16-11-6-4-10(5-7-11)8-14(15(18)19)20-13-3-1-2-12(17)9-13/h1-7,9,14H,8H2,(H,18,19)/t14-/m0/s1. The molecule has 3 nitrogen and oxygen atoms in total. The van der Waals surface area contributed by atoms with Crippen LogP contribution in [0.3, 0.4) is 0 Å². The lowest BCUT2D eigenvalue weighted by Crippen LogP contribution is -2.29. The molecule has 0 fully saturated rings. The van der Waals surface area contributed by atoms with Gasteiger partial charge in [0.25, 0.3) is 0 Å². The van der Waals surface area contributed by atoms with Gasteiger partial charge in [-0.15, -0.1) is 0 Å². The minimum atomic E-state index is -1.01. The first-order valence-corrected chi connectivity index (χ1v) is 7.11. The lowest BCUT2D eigenvalue weighted by Gasteiger charge is -2.15. The molecular weight excluding hydrogens is 344 g/mol. The van der Waals surface area contributed by atoms with Crippen LogP contribution in [0.15, 0.2) is 53.0 Å². The van der Waals surface area contributed by atoms with Crippen molar-refractivity contribution in [2.75, 3.05) is 0 Å². The van der Waals surface area contributed by atoms with E-state index in [0.29, 0.717) is 10.8 Å². The number of halogens is 2. The third kappa shape index (κ3) is 4.25. The maximum absolute atomic E-state index is 11.3. The maximum atomic E-state index is 11.3. The monoisotopic (exact) mass is 354 g/mol. The number of carbonyl (C=O) groups is 1. The van der Waals surface area contributed by atoms with Gasteiger partial charge in [-0.1, -0.05) is 45.7 Å². The second kappa shape index (κ2) is 6.77. The summed E-state index contributed by atoms with van der Waals surface area (Å²) in [7, 11) is 0. The molecule has 0 aromatic heterocycles. The molecule has 1 N–H and O–H groups in total. The normalized spacial score (nSPS) is 11.9. The highest BCUT2D eigenvalue weighted by Gasteiger charge is 2.20. The molecule has 5 heteroatoms. The smallest absolute Gasteiger partial charge is 0.345 e. The van der Waals surface area contributed by atoms with E-state index in [-0.39, 0.29) is 6.42 Å². The molecule has 0 radical (unpaired) electrons. The Kier molecular flexibility index (Phi) is 5.04. The fraction of sp³-hybridized carbons (Fsp3) is 0.133. The van der Waals surface area contributed by atoms with Gasteiger partial charge in [0.1, 0.15) is 5.75 Å². The average Bonchev–Trinajstić information content (AvgIpc) is 2.40. The van der Waals surface area contributed by atoms with Crippen LogP contribution >= 0.6 is 27.5 Å². The van der Waals surface area contributed by atoms with Gasteiger partial charge in [-0.2, -0.15) is 0 Å². The van der Waals surface area contributed by atoms with Gasteiger partial charge in [-0.25, -0.2) is 4.79 Å². The van der Waals surface area contributed by atoms with E-state index < -0.39 is 12.1 Å². The average molecular weight is 356 g/mol. The van der Waals surface area contributed by atoms with Crippen LogP contribution in [0.2, 0.25) is 5.02 Å². The van der Waals surface area contributed by atoms with Crippen LogP contribution in [0.4, 0.5) is 0 Å². The van der Waals surface area contributed by atoms with E-state index in [1.165, 1.54) is 0 Å². The van der Waals surface area contributed by atoms with E-state index in [1.54, 1.807) is 24.3 Å². The van der Waals surface area contributed by atoms with E-state index in [0.717, 1.165) is 10.0 Å². The first-order chi connectivity index (χ1) is 9.54. The highest BCUT2D eigenvalue weighted by molar-refractivity contribution is 9.10. The Morgan fingerprint density at radius 3 is 2.55 bits per heavy atom. The Hall–Kier alpha value is -1.52. The molecular formula is C15H12BrClO3. The lowest BCUT2D eigenvalue weighted by molar-refractivity contribution is -0.145. The summed E-state index contributed by atoms with van der Waals surface area (Å²) in [6.45, 7) is 0. The quantitative estimate of drug-likeness (QED) is 0.875. The van der Waals surface area contributed by atoms with E-state index in [4.69, 9.17) is 16.3 Å². The molecule has 0 bridgehead atoms. The Labute approximate surface area is 130 Å². The van der Waals surface area contributed by atoms with Gasteiger partial charge in [0.05, 0.1) is 0 Å². The predicted molar refractivity (Wildman–Crippen MR) is 81.3 cm³/mol. The van der Waals surface area contributed by atoms with Crippen LogP contribution in [0.25, 0.3) is 0 Å². The fourth-order valence-electron chi connectivity index (χ4n) is 1.72. The van der Waals surface area contributed by atoms with Gasteiger partial charge >= 0.3 is 5.97 Å². The van der Waals surface area contributed by atoms with E-state index >= 15 is 0 Å². The molecule has 0 aliphatic heterocycles. The summed E-state index contributed by atoms with van der Waals surface area (Å²) in [6, 6.07) is 14.2. The highest BCUT2D eigenvalue weighted by Crippen LogP contribution is 2.20. The molecule has 0 heterocycles. The minimum absolute atomic E-state index is 0.287. The number of ether oxygens (including phenoxy) is 1. The summed E-state index contributed by atoms with van der Waals surface area (Å²) < 4.78 is 6.44. The van der Waals surface area contributed by atoms with Crippen LogP contribution in [0, 0.1) is 0 Å². The maximum Gasteiger partial charge on any atom is 0.345 e. The second-order valence-electron chi connectivity index (χ2n) is 4.23. The highest BCUT2D eigenvalue weighted by atomic mass is 79.9. The fourth-order valence-corrected chi connectivity index (χ4v) is 2.16. The molecule has 2 aromatic rings. The summed E-state index contributed by atoms with van der Waals surface area (Å²) in [4.78, 5) is 11.3. The SMILES string of the molecule is O=C(O)[C@H](Cc1ccc(Br)cc1)Oc1cccc(Cl)c1. The number of rotatable bonds is 5. The second-order valence-corrected chi connectivity index (χ2v) is 5.58. The predicted octanol–water partition coefficient (Wildman–Crippen LogP) is 4.18. The molecule has 2 aromatic carbocycles. The van der Waals surface area contributed by atoms with E-state index in [1.807, 2.05) is 24.3 Å². The van der Waals surface area contributed by atoms with E-state index in [9.17, 15) is 9.90 Å². The van der Waals surface area contributed by atoms with Gasteiger partial charge < -0.3 is 9.84 Å². The largest absolute Gasteiger partial charge is 0.478 e. The van der Waals surface area contributed by atoms with Crippen LogP contribution in [0.5, 0.6) is 5.75 Å². The third-order valence-corrected chi connectivity index (χ3v) is 3.45. The Bertz CT molecular complexity index is 598. The molecule has 0 saturated carbocycles. The van der Waals surface area contributed by atoms with Crippen LogP contribution in [-0.2, 0) is 11.2 Å². The molecule has 0 aliphatic rings. The van der Waals surface area contributed by atoms with Crippen molar-refractivity contribution in [1.82, 2.24) is 0 Å². The Morgan fingerprint density at radius 1 is 1.25 bits per heavy atom. The van der Waals surface area contributed by atoms with Crippen molar-refractivity contribution in [3.05, 3.63) is 63.6 Å². The molecule has 2 rings (SSSR count). The van der Waals surface area contributed by atoms with Gasteiger partial charge in [0.15, 0.2) is 6.10 Å². The molecule has 20 heavy (non-hydrogen) atoms. The number of hydrogen-bond donors (Lipinski definition) is 1. The Balaban J connectivity index is 2.11. The summed E-state index contributed by atoms with van der Waals surface area (Å²) in [5.74, 6) is -0.560. The summed E-state index contributed by atoms with van der Waals surface area (Å²) in [6.07, 6.45) is -0.663. The zero-order chi connectivity index (χ0) is 14.5. The summed E-state index contributed by atoms with van der Waals surface area (Å²) >= 11 is 9.19. The van der Waals surface area contributed by atoms with E-state index in [2.05, 4.69) is 15.9 Å². The van der Waals surface area contributed by atoms with Crippen LogP contribution < -0.4 is 4.74 Å². The van der Waals surface area contributed by atoms with Crippen molar-refractivity contribution in [3.63, 3.8) is 0 Å². The van der Waals surface area contributed by atoms with Gasteiger partial charge in [0.2, 0.25) is 0 Å². The summed E-state index contributed by atoms with van der Waals surface area (Å²) in [5, 5.41) is 9.76. The molecule has 0 unspecified atom stereocenters. The zero-order valence-corrected chi connectivity index (χ0v) is 12.8. The van der Waals surface area contributed by atoms with Crippen molar-refractivity contribution in [3.8, 4) is 5.75 Å². The first kappa shape index (κ1) is 14.9. The number of hydrogen-bond acceptors (Lipinski definition) is 2. The van der Waals surface area contributed by atoms with Crippen molar-refractivity contribution in [2.45, 2.75) is 12.5 Å². The molecule has 0 saturated heterocycles. The molecule has 1 atom stereocenters. The van der Waals surface area contributed by atoms with Crippen molar-refractivity contribution in [2.24, 2.45) is 0 Å². The zero-order valence-electron chi connectivity index (χ0n) is 10.4. The van der Waals surface area contributed by atoms with Gasteiger partial charge in [-0.05, 0) is 35.9 Å². The van der Waals surface area contributed by atoms with Crippen molar-refractivity contribution < 1.29 is 14.6 Å². The number of aliphatic carboxylic acids is 1. The minimum Gasteiger partial charge on any atom is -0.478 e. The first-order valence-electron chi connectivity index (χ1n) is 5.94. The third-order valence-electron chi connectivity index (χ3n) is 2.68. The van der Waals surface area contributed by atoms with Crippen LogP contribution in [0.1, 0.15) is 5.56 Å². The van der Waals surface area contributed by atoms with Crippen molar-refractivity contribution >= 4 is 33.5 Å². The van der Waals surface area contributed by atoms with Crippen LogP contribution in [-0.4, -0.2) is 17.2 Å². The topological polar surface area (TPSA) is 46.5 Å². The van der Waals surface area contributed by atoms with Gasteiger partial charge in [0, 0.05) is 15.9 Å². The van der Waals surface area contributed by atoms with Crippen molar-refractivity contribution in [1.29, 1.82) is 0 Å². The van der Waals surface area contributed by atoms with Gasteiger partial charge in [-0.3, -0.25) is 0 Å². The number of carboxylic acid groups (broad SMARTS) is 1. The lowest BCUT2D eigenvalue weighted by atomic mass is 10.1. The number of carboxylic acids is 1. The molecule has 104 valence electrons. The summed E-state index contributed by atoms with van der Waals surface area (Å²) in [5.41, 5.74) is 0.891. The molecule has 0 spiro atoms. The number of benzene rings is 2. The molecule has 0 amide bonds. The Morgan fingerprint density at radius 2 is 1.95 bits per heavy atom. The molecule has 0 aliphatic carbocycles.